The molecule has 0 aromatic heterocycles. The minimum absolute atomic E-state index is 0.233. The summed E-state index contributed by atoms with van der Waals surface area (Å²) in [4.78, 5) is 22.4. The van der Waals surface area contributed by atoms with Gasteiger partial charge in [0.1, 0.15) is 0 Å². The Kier molecular flexibility index (Phi) is 6.15. The van der Waals surface area contributed by atoms with Gasteiger partial charge in [-0.1, -0.05) is 0 Å². The fourth-order valence-electron chi connectivity index (χ4n) is 1.51. The van der Waals surface area contributed by atoms with E-state index in [1.165, 1.54) is 14.2 Å². The van der Waals surface area contributed by atoms with Gasteiger partial charge in [0.25, 0.3) is 5.91 Å². The van der Waals surface area contributed by atoms with E-state index >= 15 is 0 Å². The number of ether oxygens (including phenoxy) is 2. The lowest BCUT2D eigenvalue weighted by Crippen LogP contribution is -2.24. The van der Waals surface area contributed by atoms with Gasteiger partial charge in [0, 0.05) is 18.5 Å². The Labute approximate surface area is 116 Å². The molecule has 0 spiro atoms. The summed E-state index contributed by atoms with van der Waals surface area (Å²) >= 11 is 5.20. The molecule has 104 valence electrons. The van der Waals surface area contributed by atoms with E-state index in [2.05, 4.69) is 5.32 Å². The van der Waals surface area contributed by atoms with E-state index in [4.69, 9.17) is 21.1 Å². The Balaban J connectivity index is 2.59. The molecule has 6 heteroatoms. The second-order valence-corrected chi connectivity index (χ2v) is 4.21. The first-order valence-corrected chi connectivity index (χ1v) is 6.15. The van der Waals surface area contributed by atoms with Gasteiger partial charge in [0.05, 0.1) is 14.2 Å². The first kappa shape index (κ1) is 15.3. The minimum atomic E-state index is -0.402. The highest BCUT2D eigenvalue weighted by Crippen LogP contribution is 2.27. The van der Waals surface area contributed by atoms with Crippen LogP contribution in [0.2, 0.25) is 0 Å². The molecule has 0 saturated carbocycles. The van der Waals surface area contributed by atoms with E-state index in [1.54, 1.807) is 18.2 Å². The van der Waals surface area contributed by atoms with Gasteiger partial charge in [-0.05, 0) is 36.2 Å². The number of amides is 1. The van der Waals surface area contributed by atoms with Crippen LogP contribution in [-0.2, 0) is 4.79 Å². The van der Waals surface area contributed by atoms with Crippen molar-refractivity contribution in [3.63, 3.8) is 0 Å². The van der Waals surface area contributed by atoms with Gasteiger partial charge in [-0.2, -0.15) is 0 Å². The average Bonchev–Trinajstić information content (AvgIpc) is 2.42. The Morgan fingerprint density at radius 3 is 2.47 bits per heavy atom. The van der Waals surface area contributed by atoms with Crippen molar-refractivity contribution in [2.24, 2.45) is 0 Å². The summed E-state index contributed by atoms with van der Waals surface area (Å²) in [5, 5.41) is 2.29. The van der Waals surface area contributed by atoms with E-state index in [0.717, 1.165) is 0 Å². The smallest absolute Gasteiger partial charge is 0.251 e. The monoisotopic (exact) mass is 285 g/mol. The van der Waals surface area contributed by atoms with Gasteiger partial charge < -0.3 is 14.8 Å². The molecule has 1 amide bonds. The van der Waals surface area contributed by atoms with Crippen LogP contribution in [0.5, 0.6) is 11.5 Å². The maximum atomic E-state index is 11.8. The molecule has 0 fully saturated rings. The summed E-state index contributed by atoms with van der Waals surface area (Å²) in [6.07, 6.45) is 0.759. The first-order chi connectivity index (χ1) is 9.08. The van der Waals surface area contributed by atoms with Gasteiger partial charge in [-0.15, -0.1) is 0 Å². The first-order valence-electron chi connectivity index (χ1n) is 5.77. The Morgan fingerprint density at radius 2 is 1.89 bits per heavy atom. The van der Waals surface area contributed by atoms with Gasteiger partial charge in [-0.3, -0.25) is 9.59 Å². The highest BCUT2D eigenvalue weighted by Gasteiger charge is 2.10. The number of benzene rings is 1. The zero-order valence-corrected chi connectivity index (χ0v) is 11.6. The third-order valence-electron chi connectivity index (χ3n) is 2.48. The zero-order chi connectivity index (χ0) is 14.3. The number of methoxy groups -OCH3 is 2. The number of hydrogen-bond acceptors (Lipinski definition) is 4. The van der Waals surface area contributed by atoms with E-state index in [1.807, 2.05) is 0 Å². The molecule has 0 atom stereocenters. The molecule has 0 bridgehead atoms. The fourth-order valence-corrected chi connectivity index (χ4v) is 1.64. The van der Waals surface area contributed by atoms with Crippen molar-refractivity contribution in [1.82, 2.24) is 5.32 Å². The maximum absolute atomic E-state index is 11.8. The van der Waals surface area contributed by atoms with E-state index in [0.29, 0.717) is 30.0 Å². The highest BCUT2D eigenvalue weighted by atomic mass is 35.5. The Hall–Kier alpha value is -1.75. The van der Waals surface area contributed by atoms with Gasteiger partial charge in [0.2, 0.25) is 5.24 Å². The number of hydrogen-bond donors (Lipinski definition) is 1. The second-order valence-electron chi connectivity index (χ2n) is 3.78. The predicted molar refractivity (Wildman–Crippen MR) is 72.0 cm³/mol. The zero-order valence-electron chi connectivity index (χ0n) is 10.9. The molecule has 0 heterocycles. The summed E-state index contributed by atoms with van der Waals surface area (Å²) in [5.74, 6) is 0.820. The van der Waals surface area contributed by atoms with E-state index < -0.39 is 5.24 Å². The third-order valence-corrected chi connectivity index (χ3v) is 2.67. The summed E-state index contributed by atoms with van der Waals surface area (Å²) in [5.41, 5.74) is 0.467. The van der Waals surface area contributed by atoms with Crippen molar-refractivity contribution >= 4 is 22.8 Å². The van der Waals surface area contributed by atoms with Crippen LogP contribution in [0.3, 0.4) is 0 Å². The van der Waals surface area contributed by atoms with Crippen LogP contribution < -0.4 is 14.8 Å². The molecule has 0 aliphatic rings. The highest BCUT2D eigenvalue weighted by molar-refractivity contribution is 6.63. The molecule has 0 radical (unpaired) electrons. The molecule has 5 nitrogen and oxygen atoms in total. The van der Waals surface area contributed by atoms with Crippen LogP contribution in [0.4, 0.5) is 0 Å². The van der Waals surface area contributed by atoms with Crippen LogP contribution >= 0.6 is 11.6 Å². The molecule has 0 aliphatic heterocycles. The lowest BCUT2D eigenvalue weighted by Gasteiger charge is -2.09. The Morgan fingerprint density at radius 1 is 1.21 bits per heavy atom. The van der Waals surface area contributed by atoms with Crippen molar-refractivity contribution < 1.29 is 19.1 Å². The molecule has 0 saturated heterocycles. The molecule has 19 heavy (non-hydrogen) atoms. The van der Waals surface area contributed by atoms with Crippen LogP contribution in [0.1, 0.15) is 23.2 Å². The number of rotatable bonds is 7. The van der Waals surface area contributed by atoms with Crippen LogP contribution in [0.25, 0.3) is 0 Å². The molecule has 0 unspecified atom stereocenters. The Bertz CT molecular complexity index is 462. The fraction of sp³-hybridized carbons (Fsp3) is 0.385. The second kappa shape index (κ2) is 7.63. The topological polar surface area (TPSA) is 64.6 Å². The number of carbonyl (C=O) groups excluding carboxylic acids is 2. The predicted octanol–water partition coefficient (Wildman–Crippen LogP) is 1.98. The van der Waals surface area contributed by atoms with Crippen LogP contribution in [0, 0.1) is 0 Å². The third kappa shape index (κ3) is 4.79. The summed E-state index contributed by atoms with van der Waals surface area (Å²) in [6, 6.07) is 4.90. The lowest BCUT2D eigenvalue weighted by molar-refractivity contribution is -0.111. The number of nitrogens with one attached hydrogen (secondary N) is 1. The number of carbonyl (C=O) groups is 2. The van der Waals surface area contributed by atoms with E-state index in [-0.39, 0.29) is 12.3 Å². The van der Waals surface area contributed by atoms with Gasteiger partial charge >= 0.3 is 0 Å². The average molecular weight is 286 g/mol. The molecular formula is C13H16ClNO4. The van der Waals surface area contributed by atoms with Crippen molar-refractivity contribution in [2.45, 2.75) is 12.8 Å². The molecule has 1 aromatic rings. The standard InChI is InChI=1S/C13H16ClNO4/c1-18-10-6-5-9(8-11(10)19-2)13(17)15-7-3-4-12(14)16/h5-6,8H,3-4,7H2,1-2H3,(H,15,17). The van der Waals surface area contributed by atoms with Crippen molar-refractivity contribution in [1.29, 1.82) is 0 Å². The quantitative estimate of drug-likeness (QED) is 0.614. The lowest BCUT2D eigenvalue weighted by atomic mass is 10.2. The number of halogens is 1. The molecule has 1 rings (SSSR count). The summed E-state index contributed by atoms with van der Waals surface area (Å²) in [6.45, 7) is 0.394. The van der Waals surface area contributed by atoms with Crippen LogP contribution in [-0.4, -0.2) is 31.9 Å². The van der Waals surface area contributed by atoms with Crippen LogP contribution in [0.15, 0.2) is 18.2 Å². The van der Waals surface area contributed by atoms with E-state index in [9.17, 15) is 9.59 Å². The van der Waals surface area contributed by atoms with Gasteiger partial charge in [0.15, 0.2) is 11.5 Å². The molecule has 1 aromatic carbocycles. The van der Waals surface area contributed by atoms with Crippen molar-refractivity contribution in [3.8, 4) is 11.5 Å². The van der Waals surface area contributed by atoms with Gasteiger partial charge in [-0.25, -0.2) is 0 Å². The largest absolute Gasteiger partial charge is 0.493 e. The molecular weight excluding hydrogens is 270 g/mol. The summed E-state index contributed by atoms with van der Waals surface area (Å²) in [7, 11) is 3.03. The maximum Gasteiger partial charge on any atom is 0.251 e. The molecule has 1 N–H and O–H groups in total. The van der Waals surface area contributed by atoms with Crippen molar-refractivity contribution in [2.75, 3.05) is 20.8 Å². The van der Waals surface area contributed by atoms with Crippen molar-refractivity contribution in [3.05, 3.63) is 23.8 Å². The summed E-state index contributed by atoms with van der Waals surface area (Å²) < 4.78 is 10.2. The molecule has 0 aliphatic carbocycles. The minimum Gasteiger partial charge on any atom is -0.493 e. The normalized spacial score (nSPS) is 9.84. The SMILES string of the molecule is COc1ccc(C(=O)NCCCC(=O)Cl)cc1OC.